The van der Waals surface area contributed by atoms with Gasteiger partial charge in [-0.25, -0.2) is 0 Å². The molecule has 0 bridgehead atoms. The van der Waals surface area contributed by atoms with E-state index in [-0.39, 0.29) is 22.3 Å². The number of carbonyl (C=O) groups excluding carboxylic acids is 1. The summed E-state index contributed by atoms with van der Waals surface area (Å²) in [5, 5.41) is 0. The highest BCUT2D eigenvalue weighted by molar-refractivity contribution is 9.10. The van der Waals surface area contributed by atoms with Gasteiger partial charge in [-0.2, -0.15) is 13.2 Å². The third kappa shape index (κ3) is 5.90. The van der Waals surface area contributed by atoms with Gasteiger partial charge in [-0.15, -0.1) is 0 Å². The second-order valence-electron chi connectivity index (χ2n) is 6.22. The number of benzene rings is 1. The first-order chi connectivity index (χ1) is 11.8. The Morgan fingerprint density at radius 3 is 2.52 bits per heavy atom. The highest BCUT2D eigenvalue weighted by Gasteiger charge is 2.37. The Morgan fingerprint density at radius 1 is 1.24 bits per heavy atom. The molecule has 25 heavy (non-hydrogen) atoms. The largest absolute Gasteiger partial charge is 0.490 e. The van der Waals surface area contributed by atoms with Gasteiger partial charge < -0.3 is 9.47 Å². The second-order valence-corrected chi connectivity index (χ2v) is 7.07. The molecule has 1 aliphatic rings. The van der Waals surface area contributed by atoms with Gasteiger partial charge in [-0.3, -0.25) is 4.79 Å². The normalized spacial score (nSPS) is 21.0. The fourth-order valence-electron chi connectivity index (χ4n) is 3.15. The van der Waals surface area contributed by atoms with Crippen LogP contribution in [0.4, 0.5) is 13.2 Å². The van der Waals surface area contributed by atoms with E-state index >= 15 is 0 Å². The van der Waals surface area contributed by atoms with Crippen LogP contribution in [0.1, 0.15) is 51.0 Å². The lowest BCUT2D eigenvalue weighted by Gasteiger charge is -2.29. The van der Waals surface area contributed by atoms with Crippen molar-refractivity contribution in [3.63, 3.8) is 0 Å². The Balaban J connectivity index is 1.89. The minimum Gasteiger partial charge on any atom is -0.490 e. The van der Waals surface area contributed by atoms with Gasteiger partial charge in [0.1, 0.15) is 11.3 Å². The van der Waals surface area contributed by atoms with Gasteiger partial charge in [0.2, 0.25) is 0 Å². The van der Waals surface area contributed by atoms with Gasteiger partial charge in [0.25, 0.3) is 0 Å². The predicted octanol–water partition coefficient (Wildman–Crippen LogP) is 5.75. The van der Waals surface area contributed by atoms with E-state index in [0.29, 0.717) is 31.8 Å². The molecule has 0 heterocycles. The van der Waals surface area contributed by atoms with Crippen molar-refractivity contribution in [3.8, 4) is 5.75 Å². The van der Waals surface area contributed by atoms with Crippen LogP contribution in [-0.4, -0.2) is 18.7 Å². The average Bonchev–Trinajstić information content (AvgIpc) is 2.53. The predicted molar refractivity (Wildman–Crippen MR) is 91.4 cm³/mol. The Morgan fingerprint density at radius 2 is 1.92 bits per heavy atom. The quantitative estimate of drug-likeness (QED) is 0.547. The van der Waals surface area contributed by atoms with Crippen LogP contribution < -0.4 is 4.74 Å². The maximum atomic E-state index is 13.2. The van der Waals surface area contributed by atoms with E-state index in [1.165, 1.54) is 12.1 Å². The van der Waals surface area contributed by atoms with Crippen molar-refractivity contribution >= 4 is 21.9 Å². The summed E-state index contributed by atoms with van der Waals surface area (Å²) < 4.78 is 50.2. The number of carbonyl (C=O) groups is 1. The number of hydrogen-bond donors (Lipinski definition) is 0. The van der Waals surface area contributed by atoms with Crippen LogP contribution in [0.25, 0.3) is 0 Å². The van der Waals surface area contributed by atoms with Crippen molar-refractivity contribution in [2.45, 2.75) is 57.7 Å². The minimum absolute atomic E-state index is 0.0133. The van der Waals surface area contributed by atoms with E-state index in [1.54, 1.807) is 13.0 Å². The first-order valence-corrected chi connectivity index (χ1v) is 9.28. The summed E-state index contributed by atoms with van der Waals surface area (Å²) >= 11 is 2.96. The zero-order chi connectivity index (χ0) is 18.4. The molecule has 140 valence electrons. The highest BCUT2D eigenvalue weighted by atomic mass is 79.9. The summed E-state index contributed by atoms with van der Waals surface area (Å²) in [4.78, 5) is 11.4. The van der Waals surface area contributed by atoms with Crippen LogP contribution >= 0.6 is 15.9 Å². The number of hydrogen-bond acceptors (Lipinski definition) is 3. The molecule has 0 aliphatic heterocycles. The van der Waals surface area contributed by atoms with Crippen LogP contribution in [0.2, 0.25) is 0 Å². The Bertz CT molecular complexity index is 581. The number of ether oxygens (including phenoxy) is 2. The third-order valence-electron chi connectivity index (χ3n) is 4.41. The number of halogens is 4. The smallest absolute Gasteiger partial charge is 0.421 e. The Kier molecular flexibility index (Phi) is 7.16. The zero-order valence-corrected chi connectivity index (χ0v) is 15.7. The Labute approximate surface area is 154 Å². The van der Waals surface area contributed by atoms with E-state index in [9.17, 15) is 18.0 Å². The van der Waals surface area contributed by atoms with E-state index in [1.807, 2.05) is 0 Å². The summed E-state index contributed by atoms with van der Waals surface area (Å²) in [6, 6.07) is 4.27. The van der Waals surface area contributed by atoms with Crippen molar-refractivity contribution in [1.82, 2.24) is 0 Å². The molecule has 1 aromatic rings. The SMILES string of the molecule is CCOC(=O)CC[C@H]1CC[C@H](Oc2cccc(Br)c2C(F)(F)F)CC1. The molecule has 1 saturated carbocycles. The molecule has 0 radical (unpaired) electrons. The molecular formula is C18H22BrF3O3. The third-order valence-corrected chi connectivity index (χ3v) is 5.07. The summed E-state index contributed by atoms with van der Waals surface area (Å²) in [6.07, 6.45) is -0.460. The van der Waals surface area contributed by atoms with Gasteiger partial charge in [-0.1, -0.05) is 22.0 Å². The molecular weight excluding hydrogens is 401 g/mol. The maximum Gasteiger partial charge on any atom is 0.421 e. The minimum atomic E-state index is -4.47. The lowest BCUT2D eigenvalue weighted by molar-refractivity contribution is -0.143. The van der Waals surface area contributed by atoms with Gasteiger partial charge in [-0.05, 0) is 57.1 Å². The molecule has 7 heteroatoms. The summed E-state index contributed by atoms with van der Waals surface area (Å²) in [7, 11) is 0. The van der Waals surface area contributed by atoms with E-state index in [0.717, 1.165) is 19.3 Å². The summed E-state index contributed by atoms with van der Waals surface area (Å²) in [5.74, 6) is 0.0792. The van der Waals surface area contributed by atoms with Crippen LogP contribution in [0.15, 0.2) is 22.7 Å². The molecule has 0 saturated heterocycles. The van der Waals surface area contributed by atoms with Crippen molar-refractivity contribution in [1.29, 1.82) is 0 Å². The molecule has 1 aliphatic carbocycles. The first-order valence-electron chi connectivity index (χ1n) is 8.49. The van der Waals surface area contributed by atoms with E-state index in [2.05, 4.69) is 15.9 Å². The van der Waals surface area contributed by atoms with Crippen LogP contribution in [-0.2, 0) is 15.7 Å². The van der Waals surface area contributed by atoms with Crippen molar-refractivity contribution in [2.24, 2.45) is 5.92 Å². The fourth-order valence-corrected chi connectivity index (χ4v) is 3.72. The lowest BCUT2D eigenvalue weighted by atomic mass is 9.84. The van der Waals surface area contributed by atoms with Crippen molar-refractivity contribution < 1.29 is 27.4 Å². The molecule has 0 unspecified atom stereocenters. The maximum absolute atomic E-state index is 13.2. The topological polar surface area (TPSA) is 35.5 Å². The van der Waals surface area contributed by atoms with Crippen LogP contribution in [0.3, 0.4) is 0 Å². The Hall–Kier alpha value is -1.24. The number of esters is 1. The molecule has 0 atom stereocenters. The van der Waals surface area contributed by atoms with Crippen molar-refractivity contribution in [2.75, 3.05) is 6.61 Å². The number of alkyl halides is 3. The number of rotatable bonds is 6. The molecule has 2 rings (SSSR count). The van der Waals surface area contributed by atoms with E-state index < -0.39 is 11.7 Å². The van der Waals surface area contributed by atoms with Gasteiger partial charge >= 0.3 is 12.1 Å². The highest BCUT2D eigenvalue weighted by Crippen LogP contribution is 2.42. The van der Waals surface area contributed by atoms with Crippen LogP contribution in [0, 0.1) is 5.92 Å². The summed E-state index contributed by atoms with van der Waals surface area (Å²) in [6.45, 7) is 2.16. The van der Waals surface area contributed by atoms with Gasteiger partial charge in [0.05, 0.1) is 12.7 Å². The van der Waals surface area contributed by atoms with Crippen molar-refractivity contribution in [3.05, 3.63) is 28.2 Å². The molecule has 0 spiro atoms. The average molecular weight is 423 g/mol. The molecule has 0 aromatic heterocycles. The molecule has 1 fully saturated rings. The monoisotopic (exact) mass is 422 g/mol. The second kappa shape index (κ2) is 8.92. The van der Waals surface area contributed by atoms with Crippen LogP contribution in [0.5, 0.6) is 5.75 Å². The molecule has 0 amide bonds. The summed E-state index contributed by atoms with van der Waals surface area (Å²) in [5.41, 5.74) is -0.764. The molecule has 0 N–H and O–H groups in total. The molecule has 3 nitrogen and oxygen atoms in total. The van der Waals surface area contributed by atoms with E-state index in [4.69, 9.17) is 9.47 Å². The fraction of sp³-hybridized carbons (Fsp3) is 0.611. The zero-order valence-electron chi connectivity index (χ0n) is 14.1. The lowest BCUT2D eigenvalue weighted by Crippen LogP contribution is -2.25. The molecule has 1 aromatic carbocycles. The standard InChI is InChI=1S/C18H22BrF3O3/c1-2-24-16(23)11-8-12-6-9-13(10-7-12)25-15-5-3-4-14(19)17(15)18(20,21)22/h3-5,12-13H,2,6-11H2,1H3/t12-,13-. The first kappa shape index (κ1) is 20.1. The van der Waals surface area contributed by atoms with Gasteiger partial charge in [0.15, 0.2) is 0 Å². The van der Waals surface area contributed by atoms with Gasteiger partial charge in [0, 0.05) is 10.9 Å².